The number of hydrogen-bond acceptors (Lipinski definition) is 8. The van der Waals surface area contributed by atoms with Gasteiger partial charge in [-0.15, -0.1) is 10.2 Å². The number of aryl methyl sites for hydroxylation is 1. The van der Waals surface area contributed by atoms with E-state index in [9.17, 15) is 0 Å². The summed E-state index contributed by atoms with van der Waals surface area (Å²) in [5.74, 6) is 7.05. The summed E-state index contributed by atoms with van der Waals surface area (Å²) in [6, 6.07) is 3.53. The summed E-state index contributed by atoms with van der Waals surface area (Å²) in [7, 11) is 1.81. The zero-order valence-corrected chi connectivity index (χ0v) is 14.1. The normalized spacial score (nSPS) is 11.4. The lowest BCUT2D eigenvalue weighted by molar-refractivity contribution is 0.574. The molecule has 23 heavy (non-hydrogen) atoms. The SMILES string of the molecule is Cn1nc(Br)c2c(Sc3nnc(-c4ccco4)n3N)ncnc21. The van der Waals surface area contributed by atoms with Gasteiger partial charge >= 0.3 is 0 Å². The van der Waals surface area contributed by atoms with Gasteiger partial charge < -0.3 is 10.3 Å². The number of rotatable bonds is 3. The Kier molecular flexibility index (Phi) is 3.31. The average molecular weight is 393 g/mol. The van der Waals surface area contributed by atoms with Crippen molar-refractivity contribution >= 4 is 38.7 Å². The number of halogens is 1. The molecule has 11 heteroatoms. The van der Waals surface area contributed by atoms with Gasteiger partial charge in [0.05, 0.1) is 11.6 Å². The van der Waals surface area contributed by atoms with Crippen molar-refractivity contribution in [2.24, 2.45) is 7.05 Å². The monoisotopic (exact) mass is 392 g/mol. The molecule has 0 aromatic carbocycles. The van der Waals surface area contributed by atoms with E-state index in [4.69, 9.17) is 10.3 Å². The Morgan fingerprint density at radius 3 is 2.96 bits per heavy atom. The lowest BCUT2D eigenvalue weighted by Crippen LogP contribution is -2.11. The molecule has 0 saturated carbocycles. The lowest BCUT2D eigenvalue weighted by Gasteiger charge is -2.02. The Hall–Kier alpha value is -2.40. The molecule has 0 spiro atoms. The van der Waals surface area contributed by atoms with Crippen LogP contribution in [0.5, 0.6) is 0 Å². The first-order chi connectivity index (χ1) is 11.1. The van der Waals surface area contributed by atoms with E-state index in [0.29, 0.717) is 32.0 Å². The topological polar surface area (TPSA) is 113 Å². The number of nitrogens with two attached hydrogens (primary N) is 1. The molecule has 0 radical (unpaired) electrons. The standard InChI is InChI=1S/C12H9BrN8OS/c1-20-10-7(8(13)19-20)11(16-5-15-10)23-12-18-17-9(21(12)14)6-3-2-4-22-6/h2-5H,14H2,1H3. The summed E-state index contributed by atoms with van der Waals surface area (Å²) >= 11 is 4.70. The molecule has 0 aliphatic rings. The third-order valence-electron chi connectivity index (χ3n) is 3.14. The quantitative estimate of drug-likeness (QED) is 0.414. The molecule has 0 aliphatic carbocycles. The van der Waals surface area contributed by atoms with Crippen molar-refractivity contribution in [3.8, 4) is 11.6 Å². The summed E-state index contributed by atoms with van der Waals surface area (Å²) in [6.45, 7) is 0. The van der Waals surface area contributed by atoms with Gasteiger partial charge in [-0.25, -0.2) is 19.3 Å². The van der Waals surface area contributed by atoms with E-state index < -0.39 is 0 Å². The third kappa shape index (κ3) is 2.28. The molecule has 0 atom stereocenters. The van der Waals surface area contributed by atoms with Crippen molar-refractivity contribution in [2.75, 3.05) is 5.84 Å². The fourth-order valence-electron chi connectivity index (χ4n) is 2.10. The Morgan fingerprint density at radius 2 is 2.17 bits per heavy atom. The second-order valence-corrected chi connectivity index (χ2v) is 6.25. The minimum absolute atomic E-state index is 0.438. The number of nitrogens with zero attached hydrogens (tertiary/aromatic N) is 7. The van der Waals surface area contributed by atoms with Crippen LogP contribution in [0.1, 0.15) is 0 Å². The number of aromatic nitrogens is 7. The first kappa shape index (κ1) is 14.2. The summed E-state index contributed by atoms with van der Waals surface area (Å²) < 4.78 is 8.99. The number of nitrogen functional groups attached to an aromatic ring is 1. The number of furan rings is 1. The highest BCUT2D eigenvalue weighted by Crippen LogP contribution is 2.34. The van der Waals surface area contributed by atoms with E-state index in [1.807, 2.05) is 7.05 Å². The van der Waals surface area contributed by atoms with Crippen LogP contribution < -0.4 is 5.84 Å². The zero-order valence-electron chi connectivity index (χ0n) is 11.7. The molecule has 4 rings (SSSR count). The third-order valence-corrected chi connectivity index (χ3v) is 4.66. The van der Waals surface area contributed by atoms with Gasteiger partial charge in [-0.3, -0.25) is 0 Å². The predicted octanol–water partition coefficient (Wildman–Crippen LogP) is 1.84. The van der Waals surface area contributed by atoms with Crippen LogP contribution in [-0.2, 0) is 7.05 Å². The molecule has 116 valence electrons. The number of hydrogen-bond donors (Lipinski definition) is 1. The smallest absolute Gasteiger partial charge is 0.218 e. The van der Waals surface area contributed by atoms with E-state index in [1.165, 1.54) is 22.8 Å². The fourth-order valence-corrected chi connectivity index (χ4v) is 3.66. The Bertz CT molecular complexity index is 992. The van der Waals surface area contributed by atoms with Crippen molar-refractivity contribution in [3.63, 3.8) is 0 Å². The summed E-state index contributed by atoms with van der Waals surface area (Å²) in [4.78, 5) is 8.53. The van der Waals surface area contributed by atoms with Crippen LogP contribution in [0.4, 0.5) is 0 Å². The van der Waals surface area contributed by atoms with Gasteiger partial charge in [-0.1, -0.05) is 0 Å². The van der Waals surface area contributed by atoms with Crippen molar-refractivity contribution in [2.45, 2.75) is 10.2 Å². The molecular weight excluding hydrogens is 384 g/mol. The highest BCUT2D eigenvalue weighted by atomic mass is 79.9. The molecule has 0 amide bonds. The zero-order chi connectivity index (χ0) is 16.0. The van der Waals surface area contributed by atoms with Crippen LogP contribution in [0.3, 0.4) is 0 Å². The maximum Gasteiger partial charge on any atom is 0.218 e. The van der Waals surface area contributed by atoms with Crippen LogP contribution in [0.25, 0.3) is 22.6 Å². The van der Waals surface area contributed by atoms with Gasteiger partial charge in [0.2, 0.25) is 11.0 Å². The highest BCUT2D eigenvalue weighted by molar-refractivity contribution is 9.10. The molecule has 4 aromatic heterocycles. The van der Waals surface area contributed by atoms with E-state index in [1.54, 1.807) is 23.1 Å². The molecule has 0 unspecified atom stereocenters. The fraction of sp³-hybridized carbons (Fsp3) is 0.0833. The van der Waals surface area contributed by atoms with E-state index in [2.05, 4.69) is 41.2 Å². The predicted molar refractivity (Wildman–Crippen MR) is 86.0 cm³/mol. The largest absolute Gasteiger partial charge is 0.461 e. The lowest BCUT2D eigenvalue weighted by atomic mass is 10.4. The first-order valence-corrected chi connectivity index (χ1v) is 8.01. The van der Waals surface area contributed by atoms with E-state index in [-0.39, 0.29) is 0 Å². The van der Waals surface area contributed by atoms with Crippen LogP contribution in [0, 0.1) is 0 Å². The van der Waals surface area contributed by atoms with Gasteiger partial charge in [-0.2, -0.15) is 5.10 Å². The van der Waals surface area contributed by atoms with Gasteiger partial charge in [-0.05, 0) is 39.8 Å². The minimum atomic E-state index is 0.438. The van der Waals surface area contributed by atoms with E-state index >= 15 is 0 Å². The maximum atomic E-state index is 6.06. The summed E-state index contributed by atoms with van der Waals surface area (Å²) in [6.07, 6.45) is 3.03. The van der Waals surface area contributed by atoms with Crippen LogP contribution in [-0.4, -0.2) is 34.6 Å². The molecular formula is C12H9BrN8OS. The molecule has 9 nitrogen and oxygen atoms in total. The molecule has 4 aromatic rings. The van der Waals surface area contributed by atoms with Gasteiger partial charge in [0.1, 0.15) is 16.0 Å². The number of fused-ring (bicyclic) bond motifs is 1. The Balaban J connectivity index is 1.78. The van der Waals surface area contributed by atoms with Gasteiger partial charge in [0.15, 0.2) is 11.4 Å². The van der Waals surface area contributed by atoms with Crippen molar-refractivity contribution in [1.82, 2.24) is 34.6 Å². The molecule has 0 bridgehead atoms. The average Bonchev–Trinajstić information content (AvgIpc) is 3.23. The Labute approximate surface area is 142 Å². The summed E-state index contributed by atoms with van der Waals surface area (Å²) in [5.41, 5.74) is 0.712. The first-order valence-electron chi connectivity index (χ1n) is 6.40. The Morgan fingerprint density at radius 1 is 1.30 bits per heavy atom. The van der Waals surface area contributed by atoms with Crippen LogP contribution in [0.15, 0.2) is 43.9 Å². The molecule has 0 fully saturated rings. The van der Waals surface area contributed by atoms with Crippen molar-refractivity contribution < 1.29 is 4.42 Å². The molecule has 4 heterocycles. The second-order valence-electron chi connectivity index (χ2n) is 4.55. The van der Waals surface area contributed by atoms with Crippen molar-refractivity contribution in [1.29, 1.82) is 0 Å². The molecule has 0 aliphatic heterocycles. The van der Waals surface area contributed by atoms with Gasteiger partial charge in [0.25, 0.3) is 0 Å². The van der Waals surface area contributed by atoms with Crippen LogP contribution >= 0.6 is 27.7 Å². The second kappa shape index (κ2) is 5.35. The molecule has 0 saturated heterocycles. The highest BCUT2D eigenvalue weighted by Gasteiger charge is 2.19. The van der Waals surface area contributed by atoms with Crippen molar-refractivity contribution in [3.05, 3.63) is 29.3 Å². The summed E-state index contributed by atoms with van der Waals surface area (Å²) in [5, 5.41) is 14.4. The maximum absolute atomic E-state index is 6.06. The minimum Gasteiger partial charge on any atom is -0.461 e. The van der Waals surface area contributed by atoms with Crippen LogP contribution in [0.2, 0.25) is 0 Å². The van der Waals surface area contributed by atoms with Gasteiger partial charge in [0, 0.05) is 7.05 Å². The molecule has 2 N–H and O–H groups in total. The van der Waals surface area contributed by atoms with E-state index in [0.717, 1.165) is 5.39 Å².